The van der Waals surface area contributed by atoms with Crippen LogP contribution in [0.1, 0.15) is 24.1 Å². The standard InChI is InChI=1S/C16H16Cl2N2O/c1-10(13-3-2-4-14(17)16(13)18)20-12-7-5-11(6-8-12)9-15(19)21/h2-8,10,20H,9H2,1H3,(H2,19,21). The SMILES string of the molecule is CC(Nc1ccc(CC(N)=O)cc1)c1cccc(Cl)c1Cl. The van der Waals surface area contributed by atoms with Gasteiger partial charge in [0.25, 0.3) is 0 Å². The average molecular weight is 323 g/mol. The van der Waals surface area contributed by atoms with Crippen molar-refractivity contribution in [1.29, 1.82) is 0 Å². The maximum atomic E-state index is 10.9. The number of carbonyl (C=O) groups excluding carboxylic acids is 1. The fourth-order valence-corrected chi connectivity index (χ4v) is 2.57. The highest BCUT2D eigenvalue weighted by molar-refractivity contribution is 6.42. The summed E-state index contributed by atoms with van der Waals surface area (Å²) in [5.41, 5.74) is 7.93. The number of halogens is 2. The Morgan fingerprint density at radius 2 is 1.86 bits per heavy atom. The van der Waals surface area contributed by atoms with Crippen molar-refractivity contribution in [3.8, 4) is 0 Å². The number of hydrogen-bond acceptors (Lipinski definition) is 2. The molecule has 0 saturated heterocycles. The number of hydrogen-bond donors (Lipinski definition) is 2. The lowest BCUT2D eigenvalue weighted by Gasteiger charge is -2.17. The van der Waals surface area contributed by atoms with Crippen molar-refractivity contribution >= 4 is 34.8 Å². The second-order valence-electron chi connectivity index (χ2n) is 4.85. The Kier molecular flexibility index (Phi) is 5.10. The van der Waals surface area contributed by atoms with Gasteiger partial charge < -0.3 is 11.1 Å². The molecule has 0 aliphatic carbocycles. The van der Waals surface area contributed by atoms with Crippen molar-refractivity contribution in [1.82, 2.24) is 0 Å². The minimum atomic E-state index is -0.338. The number of carbonyl (C=O) groups is 1. The van der Waals surface area contributed by atoms with Crippen molar-refractivity contribution in [3.63, 3.8) is 0 Å². The molecule has 110 valence electrons. The molecule has 0 radical (unpaired) electrons. The third-order valence-electron chi connectivity index (χ3n) is 3.16. The summed E-state index contributed by atoms with van der Waals surface area (Å²) in [4.78, 5) is 10.9. The lowest BCUT2D eigenvalue weighted by atomic mass is 10.1. The normalized spacial score (nSPS) is 12.0. The van der Waals surface area contributed by atoms with Gasteiger partial charge in [0.05, 0.1) is 22.5 Å². The van der Waals surface area contributed by atoms with Crippen molar-refractivity contribution < 1.29 is 4.79 Å². The van der Waals surface area contributed by atoms with Gasteiger partial charge >= 0.3 is 0 Å². The lowest BCUT2D eigenvalue weighted by molar-refractivity contribution is -0.117. The Morgan fingerprint density at radius 3 is 2.48 bits per heavy atom. The van der Waals surface area contributed by atoms with Crippen molar-refractivity contribution in [2.45, 2.75) is 19.4 Å². The molecule has 1 unspecified atom stereocenters. The van der Waals surface area contributed by atoms with E-state index in [1.54, 1.807) is 6.07 Å². The highest BCUT2D eigenvalue weighted by atomic mass is 35.5. The Bertz CT molecular complexity index is 641. The maximum Gasteiger partial charge on any atom is 0.221 e. The molecule has 0 fully saturated rings. The second kappa shape index (κ2) is 6.83. The first kappa shape index (κ1) is 15.7. The fourth-order valence-electron chi connectivity index (χ4n) is 2.10. The van der Waals surface area contributed by atoms with E-state index in [1.165, 1.54) is 0 Å². The largest absolute Gasteiger partial charge is 0.378 e. The second-order valence-corrected chi connectivity index (χ2v) is 5.63. The van der Waals surface area contributed by atoms with Gasteiger partial charge in [0.15, 0.2) is 0 Å². The molecule has 5 heteroatoms. The zero-order chi connectivity index (χ0) is 15.4. The van der Waals surface area contributed by atoms with Gasteiger partial charge in [0.2, 0.25) is 5.91 Å². The Hall–Kier alpha value is -1.71. The number of nitrogens with two attached hydrogens (primary N) is 1. The molecular formula is C16H16Cl2N2O. The van der Waals surface area contributed by atoms with Crippen LogP contribution in [-0.2, 0) is 11.2 Å². The molecule has 0 saturated carbocycles. The zero-order valence-corrected chi connectivity index (χ0v) is 13.1. The molecule has 0 bridgehead atoms. The molecule has 3 nitrogen and oxygen atoms in total. The number of primary amides is 1. The van der Waals surface area contributed by atoms with E-state index in [0.717, 1.165) is 16.8 Å². The van der Waals surface area contributed by atoms with Gasteiger partial charge in [0, 0.05) is 5.69 Å². The van der Waals surface area contributed by atoms with E-state index < -0.39 is 0 Å². The van der Waals surface area contributed by atoms with Gasteiger partial charge in [-0.2, -0.15) is 0 Å². The molecule has 21 heavy (non-hydrogen) atoms. The number of anilines is 1. The molecule has 2 rings (SSSR count). The molecule has 0 aliphatic rings. The van der Waals surface area contributed by atoms with E-state index in [0.29, 0.717) is 10.0 Å². The monoisotopic (exact) mass is 322 g/mol. The van der Waals surface area contributed by atoms with Gasteiger partial charge in [-0.25, -0.2) is 0 Å². The Labute approximate surface area is 134 Å². The summed E-state index contributed by atoms with van der Waals surface area (Å²) in [5, 5.41) is 4.45. The number of rotatable bonds is 5. The number of benzene rings is 2. The van der Waals surface area contributed by atoms with Gasteiger partial charge in [-0.05, 0) is 36.2 Å². The summed E-state index contributed by atoms with van der Waals surface area (Å²) in [6.45, 7) is 2.01. The smallest absolute Gasteiger partial charge is 0.221 e. The van der Waals surface area contributed by atoms with E-state index >= 15 is 0 Å². The molecule has 1 atom stereocenters. The predicted molar refractivity (Wildman–Crippen MR) is 87.8 cm³/mol. The van der Waals surface area contributed by atoms with E-state index in [9.17, 15) is 4.79 Å². The molecule has 1 amide bonds. The molecular weight excluding hydrogens is 307 g/mol. The zero-order valence-electron chi connectivity index (χ0n) is 11.6. The minimum absolute atomic E-state index is 0.0122. The molecule has 0 aliphatic heterocycles. The highest BCUT2D eigenvalue weighted by Crippen LogP contribution is 2.31. The van der Waals surface area contributed by atoms with E-state index in [-0.39, 0.29) is 18.4 Å². The van der Waals surface area contributed by atoms with Crippen LogP contribution in [0.15, 0.2) is 42.5 Å². The summed E-state index contributed by atoms with van der Waals surface area (Å²) in [5.74, 6) is -0.338. The van der Waals surface area contributed by atoms with E-state index in [1.807, 2.05) is 43.3 Å². The van der Waals surface area contributed by atoms with Crippen LogP contribution in [0.25, 0.3) is 0 Å². The van der Waals surface area contributed by atoms with Crippen LogP contribution >= 0.6 is 23.2 Å². The van der Waals surface area contributed by atoms with Crippen LogP contribution in [0.3, 0.4) is 0 Å². The molecule has 0 aromatic heterocycles. The van der Waals surface area contributed by atoms with Crippen LogP contribution in [0.2, 0.25) is 10.0 Å². The van der Waals surface area contributed by atoms with Crippen LogP contribution in [0.5, 0.6) is 0 Å². The van der Waals surface area contributed by atoms with Gasteiger partial charge in [-0.3, -0.25) is 4.79 Å². The Balaban J connectivity index is 2.10. The van der Waals surface area contributed by atoms with Gasteiger partial charge in [-0.15, -0.1) is 0 Å². The van der Waals surface area contributed by atoms with Gasteiger partial charge in [0.1, 0.15) is 0 Å². The lowest BCUT2D eigenvalue weighted by Crippen LogP contribution is -2.13. The first-order chi connectivity index (χ1) is 9.97. The summed E-state index contributed by atoms with van der Waals surface area (Å²) < 4.78 is 0. The molecule has 2 aromatic rings. The Morgan fingerprint density at radius 1 is 1.19 bits per heavy atom. The third kappa shape index (κ3) is 4.13. The van der Waals surface area contributed by atoms with Crippen LogP contribution in [0, 0.1) is 0 Å². The maximum absolute atomic E-state index is 10.9. The fraction of sp³-hybridized carbons (Fsp3) is 0.188. The van der Waals surface area contributed by atoms with Crippen molar-refractivity contribution in [3.05, 3.63) is 63.6 Å². The summed E-state index contributed by atoms with van der Waals surface area (Å²) >= 11 is 12.2. The van der Waals surface area contributed by atoms with Crippen LogP contribution in [-0.4, -0.2) is 5.91 Å². The quantitative estimate of drug-likeness (QED) is 0.867. The summed E-state index contributed by atoms with van der Waals surface area (Å²) in [7, 11) is 0. The number of nitrogens with one attached hydrogen (secondary N) is 1. The summed E-state index contributed by atoms with van der Waals surface area (Å²) in [6.07, 6.45) is 0.246. The van der Waals surface area contributed by atoms with Crippen molar-refractivity contribution in [2.75, 3.05) is 5.32 Å². The number of amides is 1. The summed E-state index contributed by atoms with van der Waals surface area (Å²) in [6, 6.07) is 13.2. The first-order valence-corrected chi connectivity index (χ1v) is 7.30. The first-order valence-electron chi connectivity index (χ1n) is 6.55. The van der Waals surface area contributed by atoms with Crippen LogP contribution in [0.4, 0.5) is 5.69 Å². The minimum Gasteiger partial charge on any atom is -0.378 e. The molecule has 0 spiro atoms. The highest BCUT2D eigenvalue weighted by Gasteiger charge is 2.11. The topological polar surface area (TPSA) is 55.1 Å². The predicted octanol–water partition coefficient (Wildman–Crippen LogP) is 4.19. The van der Waals surface area contributed by atoms with Gasteiger partial charge in [-0.1, -0.05) is 47.5 Å². The third-order valence-corrected chi connectivity index (χ3v) is 4.00. The molecule has 0 heterocycles. The molecule has 3 N–H and O–H groups in total. The van der Waals surface area contributed by atoms with Crippen molar-refractivity contribution in [2.24, 2.45) is 5.73 Å². The van der Waals surface area contributed by atoms with E-state index in [2.05, 4.69) is 5.32 Å². The molecule has 2 aromatic carbocycles. The average Bonchev–Trinajstić information content (AvgIpc) is 2.43. The van der Waals surface area contributed by atoms with Crippen LogP contribution < -0.4 is 11.1 Å². The van der Waals surface area contributed by atoms with E-state index in [4.69, 9.17) is 28.9 Å².